The minimum Gasteiger partial charge on any atom is -0.437 e. The first-order valence-corrected chi connectivity index (χ1v) is 5.79. The molecule has 1 unspecified atom stereocenters. The van der Waals surface area contributed by atoms with Crippen LogP contribution in [0.1, 0.15) is 26.2 Å². The Morgan fingerprint density at radius 1 is 1.53 bits per heavy atom. The lowest BCUT2D eigenvalue weighted by atomic mass is 10.0. The predicted octanol–water partition coefficient (Wildman–Crippen LogP) is 3.34. The molecule has 5 heteroatoms. The fourth-order valence-corrected chi connectivity index (χ4v) is 1.73. The van der Waals surface area contributed by atoms with Crippen molar-refractivity contribution in [2.75, 3.05) is 12.8 Å². The zero-order valence-electron chi connectivity index (χ0n) is 10.1. The summed E-state index contributed by atoms with van der Waals surface area (Å²) in [6.07, 6.45) is 0.763. The summed E-state index contributed by atoms with van der Waals surface area (Å²) in [5.41, 5.74) is 6.99. The monoisotopic (exact) mass is 254 g/mol. The number of anilines is 1. The van der Waals surface area contributed by atoms with Gasteiger partial charge in [0.15, 0.2) is 5.58 Å². The van der Waals surface area contributed by atoms with Crippen molar-refractivity contribution in [1.82, 2.24) is 4.98 Å². The van der Waals surface area contributed by atoms with Crippen molar-refractivity contribution >= 4 is 28.4 Å². The third-order valence-electron chi connectivity index (χ3n) is 3.08. The van der Waals surface area contributed by atoms with Gasteiger partial charge < -0.3 is 14.9 Å². The number of oxazole rings is 1. The number of halogens is 1. The molecule has 17 heavy (non-hydrogen) atoms. The van der Waals surface area contributed by atoms with Crippen molar-refractivity contribution in [2.24, 2.45) is 0 Å². The molecule has 0 saturated heterocycles. The highest BCUT2D eigenvalue weighted by molar-refractivity contribution is 6.33. The molecule has 1 atom stereocenters. The number of methoxy groups -OCH3 is 1. The Hall–Kier alpha value is -1.26. The van der Waals surface area contributed by atoms with Crippen molar-refractivity contribution in [1.29, 1.82) is 0 Å². The predicted molar refractivity (Wildman–Crippen MR) is 68.1 cm³/mol. The number of hydrogen-bond acceptors (Lipinski definition) is 4. The molecule has 0 amide bonds. The second-order valence-corrected chi connectivity index (χ2v) is 4.56. The van der Waals surface area contributed by atoms with E-state index in [1.54, 1.807) is 19.2 Å². The number of rotatable bonds is 3. The number of hydrogen-bond donors (Lipinski definition) is 1. The second-order valence-electron chi connectivity index (χ2n) is 4.15. The maximum absolute atomic E-state index is 5.94. The maximum Gasteiger partial charge on any atom is 0.227 e. The summed E-state index contributed by atoms with van der Waals surface area (Å²) in [6, 6.07) is 3.38. The van der Waals surface area contributed by atoms with Crippen LogP contribution in [0.3, 0.4) is 0 Å². The van der Waals surface area contributed by atoms with Crippen LogP contribution in [0.25, 0.3) is 11.1 Å². The van der Waals surface area contributed by atoms with Gasteiger partial charge in [-0.2, -0.15) is 0 Å². The van der Waals surface area contributed by atoms with E-state index >= 15 is 0 Å². The second kappa shape index (κ2) is 4.20. The average Bonchev–Trinajstić information content (AvgIpc) is 2.72. The fraction of sp³-hybridized carbons (Fsp3) is 0.417. The van der Waals surface area contributed by atoms with Crippen LogP contribution in [0, 0.1) is 0 Å². The third kappa shape index (κ3) is 1.98. The Morgan fingerprint density at radius 2 is 2.24 bits per heavy atom. The molecular formula is C12H15ClN2O2. The van der Waals surface area contributed by atoms with Crippen molar-refractivity contribution in [3.63, 3.8) is 0 Å². The van der Waals surface area contributed by atoms with E-state index in [9.17, 15) is 0 Å². The fourth-order valence-electron chi connectivity index (χ4n) is 1.57. The number of ether oxygens (including phenoxy) is 1. The maximum atomic E-state index is 5.94. The molecule has 2 rings (SSSR count). The summed E-state index contributed by atoms with van der Waals surface area (Å²) in [4.78, 5) is 4.40. The quantitative estimate of drug-likeness (QED) is 0.854. The normalized spacial score (nSPS) is 15.1. The van der Waals surface area contributed by atoms with Crippen molar-refractivity contribution in [2.45, 2.75) is 25.9 Å². The first-order valence-electron chi connectivity index (χ1n) is 5.41. The molecule has 0 fully saturated rings. The van der Waals surface area contributed by atoms with Gasteiger partial charge in [0.25, 0.3) is 0 Å². The van der Waals surface area contributed by atoms with Gasteiger partial charge >= 0.3 is 0 Å². The van der Waals surface area contributed by atoms with E-state index in [-0.39, 0.29) is 0 Å². The van der Waals surface area contributed by atoms with Crippen LogP contribution < -0.4 is 5.73 Å². The van der Waals surface area contributed by atoms with E-state index in [0.717, 1.165) is 6.42 Å². The molecule has 2 aromatic rings. The Kier molecular flexibility index (Phi) is 3.02. The Balaban J connectivity index is 2.58. The van der Waals surface area contributed by atoms with E-state index in [1.165, 1.54) is 0 Å². The van der Waals surface area contributed by atoms with Gasteiger partial charge in [-0.15, -0.1) is 0 Å². The van der Waals surface area contributed by atoms with Crippen LogP contribution in [0.15, 0.2) is 16.5 Å². The summed E-state index contributed by atoms with van der Waals surface area (Å²) in [5, 5.41) is 0.480. The van der Waals surface area contributed by atoms with Crippen LogP contribution in [-0.2, 0) is 10.3 Å². The Labute approximate surface area is 105 Å². The zero-order chi connectivity index (χ0) is 12.6. The van der Waals surface area contributed by atoms with E-state index < -0.39 is 5.60 Å². The summed E-state index contributed by atoms with van der Waals surface area (Å²) in [6.45, 7) is 3.95. The number of nitrogens with two attached hydrogens (primary N) is 1. The number of aromatic nitrogens is 1. The highest BCUT2D eigenvalue weighted by atomic mass is 35.5. The molecule has 0 aliphatic carbocycles. The lowest BCUT2D eigenvalue weighted by molar-refractivity contribution is -0.0222. The molecule has 1 heterocycles. The highest BCUT2D eigenvalue weighted by Crippen LogP contribution is 2.32. The minimum absolute atomic E-state index is 0.480. The molecule has 1 aromatic heterocycles. The SMILES string of the molecule is CCC(C)(OC)c1nc2cc(Cl)c(N)cc2o1. The molecule has 2 N–H and O–H groups in total. The number of fused-ring (bicyclic) bond motifs is 1. The topological polar surface area (TPSA) is 61.3 Å². The van der Waals surface area contributed by atoms with Gasteiger partial charge in [0.05, 0.1) is 10.7 Å². The van der Waals surface area contributed by atoms with Crippen LogP contribution in [-0.4, -0.2) is 12.1 Å². The van der Waals surface area contributed by atoms with Crippen LogP contribution in [0.2, 0.25) is 5.02 Å². The van der Waals surface area contributed by atoms with E-state index in [2.05, 4.69) is 4.98 Å². The molecule has 0 spiro atoms. The largest absolute Gasteiger partial charge is 0.437 e. The van der Waals surface area contributed by atoms with Gasteiger partial charge in [-0.3, -0.25) is 0 Å². The lowest BCUT2D eigenvalue weighted by Gasteiger charge is -2.22. The molecule has 0 aliphatic heterocycles. The third-order valence-corrected chi connectivity index (χ3v) is 3.41. The molecule has 0 saturated carbocycles. The van der Waals surface area contributed by atoms with Gasteiger partial charge in [0, 0.05) is 13.2 Å². The smallest absolute Gasteiger partial charge is 0.227 e. The van der Waals surface area contributed by atoms with Crippen molar-refractivity contribution < 1.29 is 9.15 Å². The van der Waals surface area contributed by atoms with Crippen molar-refractivity contribution in [3.05, 3.63) is 23.0 Å². The molecule has 0 bridgehead atoms. The first kappa shape index (κ1) is 12.2. The van der Waals surface area contributed by atoms with Gasteiger partial charge in [-0.05, 0) is 19.4 Å². The summed E-state index contributed by atoms with van der Waals surface area (Å²) in [7, 11) is 1.64. The first-order chi connectivity index (χ1) is 8.00. The number of nitrogens with zero attached hydrogens (tertiary/aromatic N) is 1. The van der Waals surface area contributed by atoms with Gasteiger partial charge in [-0.25, -0.2) is 4.98 Å². The molecule has 1 aromatic carbocycles. The summed E-state index contributed by atoms with van der Waals surface area (Å²) in [5.74, 6) is 0.541. The molecule has 4 nitrogen and oxygen atoms in total. The molecule has 0 aliphatic rings. The van der Waals surface area contributed by atoms with Gasteiger partial charge in [-0.1, -0.05) is 18.5 Å². The van der Waals surface area contributed by atoms with E-state index in [4.69, 9.17) is 26.5 Å². The van der Waals surface area contributed by atoms with E-state index in [1.807, 2.05) is 13.8 Å². The summed E-state index contributed by atoms with van der Waals surface area (Å²) >= 11 is 5.94. The zero-order valence-corrected chi connectivity index (χ0v) is 10.8. The van der Waals surface area contributed by atoms with Gasteiger partial charge in [0.2, 0.25) is 5.89 Å². The number of benzene rings is 1. The molecular weight excluding hydrogens is 240 g/mol. The van der Waals surface area contributed by atoms with Crippen molar-refractivity contribution in [3.8, 4) is 0 Å². The average molecular weight is 255 g/mol. The van der Waals surface area contributed by atoms with Crippen LogP contribution in [0.5, 0.6) is 0 Å². The Morgan fingerprint density at radius 3 is 2.82 bits per heavy atom. The highest BCUT2D eigenvalue weighted by Gasteiger charge is 2.30. The van der Waals surface area contributed by atoms with Crippen LogP contribution >= 0.6 is 11.6 Å². The molecule has 92 valence electrons. The standard InChI is InChI=1S/C12H15ClN2O2/c1-4-12(2,16-3)11-15-9-5-7(13)8(14)6-10(9)17-11/h5-6H,4,14H2,1-3H3. The Bertz CT molecular complexity index is 508. The molecule has 0 radical (unpaired) electrons. The van der Waals surface area contributed by atoms with E-state index in [0.29, 0.717) is 27.7 Å². The van der Waals surface area contributed by atoms with Crippen LogP contribution in [0.4, 0.5) is 5.69 Å². The van der Waals surface area contributed by atoms with Gasteiger partial charge in [0.1, 0.15) is 11.1 Å². The number of nitrogen functional groups attached to an aromatic ring is 1. The lowest BCUT2D eigenvalue weighted by Crippen LogP contribution is -2.23. The minimum atomic E-state index is -0.528. The summed E-state index contributed by atoms with van der Waals surface area (Å²) < 4.78 is 11.1.